The molecule has 2 bridgehead atoms. The van der Waals surface area contributed by atoms with Crippen LogP contribution in [0, 0.1) is 39.7 Å². The number of benzene rings is 2. The van der Waals surface area contributed by atoms with Gasteiger partial charge in [-0.1, -0.05) is 13.8 Å². The molecule has 0 radical (unpaired) electrons. The minimum absolute atomic E-state index is 0.0491. The molecule has 2 aromatic heterocycles. The lowest BCUT2D eigenvalue weighted by Crippen LogP contribution is -2.66. The van der Waals surface area contributed by atoms with Crippen molar-refractivity contribution in [3.8, 4) is 11.5 Å². The SMILES string of the molecule is C[C@H]1[C@@H](OCCN2CCN(c3ccc(C(=O)NS(=O)(=O)c4ccc(NCC5CCOCC5)c([N+](=O)[O-])c4)c(Oc4cnc5[nH]ccc5c4)c3)CC2)O[C@@H]2O[C@@]3(C)CC[C@H]4[C@H](C)CC[C@@H]1[C@@]24O3. The number of carbonyl (C=O) groups is 1. The van der Waals surface area contributed by atoms with Gasteiger partial charge in [-0.05, 0) is 93.2 Å². The maximum Gasteiger partial charge on any atom is 0.293 e. The first-order chi connectivity index (χ1) is 31.8. The molecule has 354 valence electrons. The summed E-state index contributed by atoms with van der Waals surface area (Å²) in [4.78, 5) is 37.0. The van der Waals surface area contributed by atoms with Gasteiger partial charge < -0.3 is 43.6 Å². The Kier molecular flexibility index (Phi) is 12.2. The quantitative estimate of drug-likeness (QED) is 0.0895. The number of fused-ring (bicyclic) bond motifs is 2. The summed E-state index contributed by atoms with van der Waals surface area (Å²) < 4.78 is 67.7. The van der Waals surface area contributed by atoms with Gasteiger partial charge in [0, 0.05) is 100 Å². The fourth-order valence-electron chi connectivity index (χ4n) is 11.4. The smallest absolute Gasteiger partial charge is 0.293 e. The summed E-state index contributed by atoms with van der Waals surface area (Å²) in [6.07, 6.45) is 8.34. The van der Waals surface area contributed by atoms with Crippen LogP contribution in [0.25, 0.3) is 11.0 Å². The van der Waals surface area contributed by atoms with Crippen molar-refractivity contribution in [2.24, 2.45) is 29.6 Å². The highest BCUT2D eigenvalue weighted by molar-refractivity contribution is 7.90. The third-order valence-electron chi connectivity index (χ3n) is 15.0. The molecule has 10 rings (SSSR count). The van der Waals surface area contributed by atoms with Crippen LogP contribution in [-0.4, -0.2) is 117 Å². The minimum atomic E-state index is -4.56. The second-order valence-corrected chi connectivity index (χ2v) is 20.8. The number of nitrogens with one attached hydrogen (secondary N) is 3. The number of aromatic amines is 1. The molecule has 1 amide bonds. The van der Waals surface area contributed by atoms with Crippen molar-refractivity contribution in [1.29, 1.82) is 0 Å². The molecule has 18 nitrogen and oxygen atoms in total. The number of hydrogen-bond acceptors (Lipinski definition) is 15. The van der Waals surface area contributed by atoms with Gasteiger partial charge in [-0.2, -0.15) is 0 Å². The first-order valence-corrected chi connectivity index (χ1v) is 24.8. The van der Waals surface area contributed by atoms with Gasteiger partial charge in [0.2, 0.25) is 0 Å². The summed E-state index contributed by atoms with van der Waals surface area (Å²) in [5.74, 6) is 0.627. The number of nitro benzene ring substituents is 1. The van der Waals surface area contributed by atoms with Crippen molar-refractivity contribution in [3.63, 3.8) is 0 Å². The van der Waals surface area contributed by atoms with Gasteiger partial charge in [-0.3, -0.25) is 19.8 Å². The summed E-state index contributed by atoms with van der Waals surface area (Å²) in [6.45, 7) is 12.5. The highest BCUT2D eigenvalue weighted by Gasteiger charge is 2.71. The topological polar surface area (TPSA) is 209 Å². The molecule has 6 fully saturated rings. The Morgan fingerprint density at radius 2 is 1.83 bits per heavy atom. The average Bonchev–Trinajstić information content (AvgIpc) is 3.86. The van der Waals surface area contributed by atoms with Gasteiger partial charge in [0.1, 0.15) is 28.4 Å². The monoisotopic (exact) mass is 929 g/mol. The van der Waals surface area contributed by atoms with E-state index in [1.165, 1.54) is 30.8 Å². The maximum atomic E-state index is 13.9. The third-order valence-corrected chi connectivity index (χ3v) is 16.3. The molecule has 5 saturated heterocycles. The molecule has 0 unspecified atom stereocenters. The molecule has 5 aliphatic heterocycles. The third kappa shape index (κ3) is 8.63. The average molecular weight is 930 g/mol. The Bertz CT molecular complexity index is 2560. The van der Waals surface area contributed by atoms with Crippen LogP contribution in [-0.2, 0) is 33.7 Å². The summed E-state index contributed by atoms with van der Waals surface area (Å²) in [7, 11) is -4.56. The van der Waals surface area contributed by atoms with E-state index in [0.29, 0.717) is 68.6 Å². The second-order valence-electron chi connectivity index (χ2n) is 19.1. The Morgan fingerprint density at radius 1 is 1.02 bits per heavy atom. The van der Waals surface area contributed by atoms with Crippen molar-refractivity contribution in [2.45, 2.75) is 88.2 Å². The molecular weight excluding hydrogens is 871 g/mol. The van der Waals surface area contributed by atoms with E-state index in [-0.39, 0.29) is 35.1 Å². The normalized spacial score (nSPS) is 30.2. The van der Waals surface area contributed by atoms with Crippen LogP contribution >= 0.6 is 0 Å². The summed E-state index contributed by atoms with van der Waals surface area (Å²) in [6, 6.07) is 12.2. The number of pyridine rings is 1. The summed E-state index contributed by atoms with van der Waals surface area (Å²) >= 11 is 0. The lowest BCUT2D eigenvalue weighted by atomic mass is 9.57. The number of carbonyl (C=O) groups excluding carboxylic acids is 1. The van der Waals surface area contributed by atoms with Crippen molar-refractivity contribution < 1.29 is 46.6 Å². The van der Waals surface area contributed by atoms with Gasteiger partial charge >= 0.3 is 0 Å². The van der Waals surface area contributed by atoms with Crippen LogP contribution in [0.5, 0.6) is 11.5 Å². The number of rotatable bonds is 14. The van der Waals surface area contributed by atoms with Crippen LogP contribution in [0.3, 0.4) is 0 Å². The number of piperazine rings is 1. The van der Waals surface area contributed by atoms with Crippen LogP contribution in [0.2, 0.25) is 0 Å². The van der Waals surface area contributed by atoms with Crippen molar-refractivity contribution in [1.82, 2.24) is 19.6 Å². The second kappa shape index (κ2) is 18.0. The Morgan fingerprint density at radius 3 is 2.64 bits per heavy atom. The van der Waals surface area contributed by atoms with Crippen LogP contribution in [0.1, 0.15) is 69.7 Å². The molecular formula is C47H59N7O11S. The molecule has 1 saturated carbocycles. The molecule has 8 atom stereocenters. The number of anilines is 2. The largest absolute Gasteiger partial charge is 0.455 e. The first-order valence-electron chi connectivity index (χ1n) is 23.3. The minimum Gasteiger partial charge on any atom is -0.455 e. The van der Waals surface area contributed by atoms with E-state index in [2.05, 4.69) is 50.6 Å². The fraction of sp³-hybridized carbons (Fsp3) is 0.574. The number of amides is 1. The van der Waals surface area contributed by atoms with Crippen LogP contribution < -0.4 is 19.7 Å². The zero-order valence-corrected chi connectivity index (χ0v) is 38.4. The molecule has 66 heavy (non-hydrogen) atoms. The number of sulfonamides is 1. The molecule has 1 aliphatic carbocycles. The fourth-order valence-corrected chi connectivity index (χ4v) is 12.3. The predicted octanol–water partition coefficient (Wildman–Crippen LogP) is 6.64. The van der Waals surface area contributed by atoms with Crippen molar-refractivity contribution >= 4 is 44.0 Å². The van der Waals surface area contributed by atoms with Crippen molar-refractivity contribution in [3.05, 3.63) is 76.6 Å². The Hall–Kier alpha value is -4.89. The van der Waals surface area contributed by atoms with E-state index >= 15 is 0 Å². The number of H-pyrrole nitrogens is 1. The molecule has 19 heteroatoms. The zero-order valence-electron chi connectivity index (χ0n) is 37.6. The highest BCUT2D eigenvalue weighted by Crippen LogP contribution is 2.63. The zero-order chi connectivity index (χ0) is 45.8. The molecule has 3 N–H and O–H groups in total. The van der Waals surface area contributed by atoms with E-state index in [1.807, 2.05) is 6.07 Å². The van der Waals surface area contributed by atoms with Gasteiger partial charge in [0.15, 0.2) is 18.4 Å². The number of hydrogen-bond donors (Lipinski definition) is 3. The van der Waals surface area contributed by atoms with Crippen LogP contribution in [0.4, 0.5) is 17.1 Å². The van der Waals surface area contributed by atoms with E-state index in [9.17, 15) is 23.3 Å². The molecule has 1 spiro atoms. The molecule has 7 heterocycles. The van der Waals surface area contributed by atoms with Crippen LogP contribution in [0.15, 0.2) is 65.8 Å². The van der Waals surface area contributed by atoms with Crippen molar-refractivity contribution in [2.75, 3.05) is 69.3 Å². The predicted molar refractivity (Wildman–Crippen MR) is 243 cm³/mol. The van der Waals surface area contributed by atoms with Gasteiger partial charge in [0.05, 0.1) is 28.2 Å². The van der Waals surface area contributed by atoms with E-state index in [1.54, 1.807) is 24.4 Å². The molecule has 6 aliphatic rings. The maximum absolute atomic E-state index is 13.9. The Labute approximate surface area is 384 Å². The number of nitro groups is 1. The van der Waals surface area contributed by atoms with E-state index in [4.69, 9.17) is 28.4 Å². The van der Waals surface area contributed by atoms with Gasteiger partial charge in [0.25, 0.3) is 21.6 Å². The molecule has 2 aromatic carbocycles. The Balaban J connectivity index is 0.798. The van der Waals surface area contributed by atoms with Gasteiger partial charge in [-0.15, -0.1) is 0 Å². The number of aromatic nitrogens is 2. The summed E-state index contributed by atoms with van der Waals surface area (Å²) in [5, 5.41) is 16.0. The van der Waals surface area contributed by atoms with Gasteiger partial charge in [-0.25, -0.2) is 18.1 Å². The van der Waals surface area contributed by atoms with E-state index in [0.717, 1.165) is 68.9 Å². The molecule has 4 aromatic rings. The number of ether oxygens (including phenoxy) is 6. The summed E-state index contributed by atoms with van der Waals surface area (Å²) in [5.41, 5.74) is 0.758. The highest BCUT2D eigenvalue weighted by atomic mass is 32.2. The van der Waals surface area contributed by atoms with E-state index < -0.39 is 49.1 Å². The number of nitrogens with zero attached hydrogens (tertiary/aromatic N) is 4. The lowest BCUT2D eigenvalue weighted by molar-refractivity contribution is -0.384. The standard InChI is InChI=1S/C47H59N7O11S/c1-29-4-8-38-30(2)44(63-45-47(38)37(29)10-14-46(3,64-45)65-47)61-23-20-52-16-18-53(19-17-52)33-5-7-36(41(25-33)62-34-24-32-11-15-48-42(32)50-28-34)43(55)51-66(58,59)35-6-9-39(40(26-35)54(56)57)49-27-31-12-21-60-22-13-31/h5-7,9,11,15,24-26,28-31,37-38,44-45,49H,4,8,10,12-14,16-23,27H2,1-3H3,(H,48,50)(H,51,55)/t29-,30-,37+,38+,44+,45-,46-,47-/m1/s1. The lowest BCUT2D eigenvalue weighted by Gasteiger charge is -2.58. The first kappa shape index (κ1) is 44.9.